The number of benzene rings is 1. The number of ether oxygens (including phenoxy) is 1. The lowest BCUT2D eigenvalue weighted by Gasteiger charge is -2.15. The second kappa shape index (κ2) is 5.19. The lowest BCUT2D eigenvalue weighted by atomic mass is 10.1. The van der Waals surface area contributed by atoms with E-state index in [1.165, 1.54) is 6.92 Å². The van der Waals surface area contributed by atoms with Gasteiger partial charge in [-0.2, -0.15) is 8.78 Å². The molecule has 1 N–H and O–H groups in total. The van der Waals surface area contributed by atoms with Gasteiger partial charge in [-0.25, -0.2) is 0 Å². The third kappa shape index (κ3) is 3.93. The molecule has 0 aliphatic heterocycles. The van der Waals surface area contributed by atoms with Gasteiger partial charge in [-0.15, -0.1) is 0 Å². The second-order valence-corrected chi connectivity index (χ2v) is 3.22. The summed E-state index contributed by atoms with van der Waals surface area (Å²) in [7, 11) is 0. The van der Waals surface area contributed by atoms with Crippen molar-refractivity contribution < 1.29 is 18.6 Å². The predicted molar refractivity (Wildman–Crippen MR) is 52.6 cm³/mol. The summed E-state index contributed by atoms with van der Waals surface area (Å²) in [5, 5.41) is 8.77. The Balaban J connectivity index is 2.64. The molecule has 0 spiro atoms. The molecule has 1 aromatic carbocycles. The average Bonchev–Trinajstić information content (AvgIpc) is 2.18. The molecule has 0 atom stereocenters. The maximum absolute atomic E-state index is 13.0. The molecule has 0 aliphatic carbocycles. The zero-order chi connectivity index (χ0) is 11.3. The molecule has 0 radical (unpaired) electrons. The summed E-state index contributed by atoms with van der Waals surface area (Å²) in [6.07, 6.45) is -3.55. The largest absolute Gasteiger partial charge is 0.392 e. The van der Waals surface area contributed by atoms with Gasteiger partial charge in [0, 0.05) is 0 Å². The van der Waals surface area contributed by atoms with Gasteiger partial charge in [-0.3, -0.25) is 0 Å². The van der Waals surface area contributed by atoms with Crippen LogP contribution in [0.2, 0.25) is 0 Å². The van der Waals surface area contributed by atoms with E-state index in [2.05, 4.69) is 4.74 Å². The van der Waals surface area contributed by atoms with Gasteiger partial charge in [0.1, 0.15) is 0 Å². The summed E-state index contributed by atoms with van der Waals surface area (Å²) < 4.78 is 30.3. The Labute approximate surface area is 87.5 Å². The van der Waals surface area contributed by atoms with Gasteiger partial charge in [-0.05, 0) is 18.1 Å². The first-order chi connectivity index (χ1) is 7.07. The fourth-order valence-corrected chi connectivity index (χ4v) is 1.26. The van der Waals surface area contributed by atoms with Gasteiger partial charge in [0.2, 0.25) is 0 Å². The molecule has 0 aliphatic rings. The summed E-state index contributed by atoms with van der Waals surface area (Å²) in [6, 6.07) is 6.38. The number of alkyl halides is 2. The van der Waals surface area contributed by atoms with Crippen molar-refractivity contribution in [3.63, 3.8) is 0 Å². The minimum atomic E-state index is -3.12. The van der Waals surface area contributed by atoms with Crippen molar-refractivity contribution in [2.75, 3.05) is 6.61 Å². The molecular formula is C11H14F2O2. The molecule has 0 saturated heterocycles. The topological polar surface area (TPSA) is 29.5 Å². The molecule has 1 aromatic rings. The van der Waals surface area contributed by atoms with Crippen LogP contribution >= 0.6 is 0 Å². The summed E-state index contributed by atoms with van der Waals surface area (Å²) in [5.74, 6) is 0. The zero-order valence-electron chi connectivity index (χ0n) is 8.54. The van der Waals surface area contributed by atoms with E-state index in [1.54, 1.807) is 24.3 Å². The van der Waals surface area contributed by atoms with Crippen LogP contribution < -0.4 is 0 Å². The van der Waals surface area contributed by atoms with E-state index in [0.717, 1.165) is 0 Å². The molecule has 0 bridgehead atoms. The highest BCUT2D eigenvalue weighted by Gasteiger charge is 2.29. The highest BCUT2D eigenvalue weighted by molar-refractivity contribution is 5.22. The Morgan fingerprint density at radius 1 is 1.20 bits per heavy atom. The molecule has 0 saturated carbocycles. The van der Waals surface area contributed by atoms with Crippen molar-refractivity contribution in [3.05, 3.63) is 35.4 Å². The normalized spacial score (nSPS) is 11.7. The molecule has 0 fully saturated rings. The molecule has 1 rings (SSSR count). The van der Waals surface area contributed by atoms with Crippen LogP contribution in [0.4, 0.5) is 8.78 Å². The maximum atomic E-state index is 13.0. The van der Waals surface area contributed by atoms with Crippen LogP contribution in [0.25, 0.3) is 0 Å². The summed E-state index contributed by atoms with van der Waals surface area (Å²) in [5.41, 5.74) is 1.20. The third-order valence-electron chi connectivity index (χ3n) is 1.97. The van der Waals surface area contributed by atoms with E-state index in [-0.39, 0.29) is 13.2 Å². The lowest BCUT2D eigenvalue weighted by Crippen LogP contribution is -2.23. The quantitative estimate of drug-likeness (QED) is 0.818. The number of hydrogen-bond donors (Lipinski definition) is 1. The van der Waals surface area contributed by atoms with Crippen molar-refractivity contribution in [1.82, 2.24) is 0 Å². The predicted octanol–water partition coefficient (Wildman–Crippen LogP) is 2.35. The highest BCUT2D eigenvalue weighted by Crippen LogP contribution is 2.21. The molecule has 0 unspecified atom stereocenters. The number of rotatable bonds is 5. The van der Waals surface area contributed by atoms with Crippen molar-refractivity contribution in [2.45, 2.75) is 26.1 Å². The Morgan fingerprint density at radius 3 is 2.20 bits per heavy atom. The molecule has 0 amide bonds. The second-order valence-electron chi connectivity index (χ2n) is 3.22. The highest BCUT2D eigenvalue weighted by atomic mass is 19.3. The number of hydrogen-bond acceptors (Lipinski definition) is 2. The molecule has 4 heteroatoms. The van der Waals surface area contributed by atoms with Crippen molar-refractivity contribution >= 4 is 0 Å². The number of halogens is 2. The van der Waals surface area contributed by atoms with Crippen LogP contribution in [-0.4, -0.2) is 17.8 Å². The van der Waals surface area contributed by atoms with Gasteiger partial charge in [0.15, 0.2) is 0 Å². The molecule has 0 aromatic heterocycles. The van der Waals surface area contributed by atoms with Gasteiger partial charge >= 0.3 is 6.11 Å². The number of aliphatic hydroxyl groups excluding tert-OH is 1. The van der Waals surface area contributed by atoms with Crippen molar-refractivity contribution in [3.8, 4) is 0 Å². The van der Waals surface area contributed by atoms with E-state index in [9.17, 15) is 8.78 Å². The molecule has 84 valence electrons. The number of aliphatic hydroxyl groups is 1. The Bertz CT molecular complexity index is 296. The van der Waals surface area contributed by atoms with Gasteiger partial charge in [0.25, 0.3) is 0 Å². The SMILES string of the molecule is CCOC(F)(F)Cc1ccc(CO)cc1. The minimum absolute atomic E-state index is 0.0122. The van der Waals surface area contributed by atoms with Crippen LogP contribution in [-0.2, 0) is 17.8 Å². The lowest BCUT2D eigenvalue weighted by molar-refractivity contribution is -0.234. The fraction of sp³-hybridized carbons (Fsp3) is 0.455. The van der Waals surface area contributed by atoms with E-state index in [0.29, 0.717) is 11.1 Å². The first-order valence-electron chi connectivity index (χ1n) is 4.78. The summed E-state index contributed by atoms with van der Waals surface area (Å²) in [6.45, 7) is 1.44. The van der Waals surface area contributed by atoms with Crippen LogP contribution in [0.15, 0.2) is 24.3 Å². The van der Waals surface area contributed by atoms with Gasteiger partial charge < -0.3 is 9.84 Å². The summed E-state index contributed by atoms with van der Waals surface area (Å²) >= 11 is 0. The van der Waals surface area contributed by atoms with Crippen LogP contribution in [0.3, 0.4) is 0 Å². The van der Waals surface area contributed by atoms with Crippen LogP contribution in [0, 0.1) is 0 Å². The maximum Gasteiger partial charge on any atom is 0.359 e. The smallest absolute Gasteiger partial charge is 0.359 e. The molecular weight excluding hydrogens is 202 g/mol. The van der Waals surface area contributed by atoms with Crippen molar-refractivity contribution in [2.24, 2.45) is 0 Å². The minimum Gasteiger partial charge on any atom is -0.392 e. The van der Waals surface area contributed by atoms with Crippen LogP contribution in [0.1, 0.15) is 18.1 Å². The Kier molecular flexibility index (Phi) is 4.17. The van der Waals surface area contributed by atoms with E-state index < -0.39 is 12.5 Å². The zero-order valence-corrected chi connectivity index (χ0v) is 8.54. The first-order valence-corrected chi connectivity index (χ1v) is 4.78. The molecule has 15 heavy (non-hydrogen) atoms. The van der Waals surface area contributed by atoms with E-state index in [1.807, 2.05) is 0 Å². The Morgan fingerprint density at radius 2 is 1.73 bits per heavy atom. The molecule has 2 nitrogen and oxygen atoms in total. The average molecular weight is 216 g/mol. The monoisotopic (exact) mass is 216 g/mol. The summed E-state index contributed by atoms with van der Waals surface area (Å²) in [4.78, 5) is 0. The van der Waals surface area contributed by atoms with Crippen molar-refractivity contribution in [1.29, 1.82) is 0 Å². The fourth-order valence-electron chi connectivity index (χ4n) is 1.26. The molecule has 0 heterocycles. The van der Waals surface area contributed by atoms with Gasteiger partial charge in [-0.1, -0.05) is 24.3 Å². The Hall–Kier alpha value is -1.00. The van der Waals surface area contributed by atoms with E-state index in [4.69, 9.17) is 5.11 Å². The third-order valence-corrected chi connectivity index (χ3v) is 1.97. The van der Waals surface area contributed by atoms with Gasteiger partial charge in [0.05, 0.1) is 19.6 Å². The van der Waals surface area contributed by atoms with E-state index >= 15 is 0 Å². The standard InChI is InChI=1S/C11H14F2O2/c1-2-15-11(12,13)7-9-3-5-10(8-14)6-4-9/h3-6,14H,2,7-8H2,1H3. The first kappa shape index (κ1) is 12.1. The van der Waals surface area contributed by atoms with Crippen LogP contribution in [0.5, 0.6) is 0 Å².